The molecule has 2 aromatic rings. The van der Waals surface area contributed by atoms with E-state index in [9.17, 15) is 4.79 Å². The van der Waals surface area contributed by atoms with Gasteiger partial charge >= 0.3 is 5.97 Å². The number of furan rings is 1. The average molecular weight is 262 g/mol. The largest absolute Gasteiger partial charge is 0.497 e. The van der Waals surface area contributed by atoms with E-state index in [0.29, 0.717) is 0 Å². The number of rotatable bonds is 5. The van der Waals surface area contributed by atoms with Crippen LogP contribution in [0.1, 0.15) is 31.7 Å². The minimum Gasteiger partial charge on any atom is -0.497 e. The molecule has 19 heavy (non-hydrogen) atoms. The van der Waals surface area contributed by atoms with Crippen LogP contribution in [0.15, 0.2) is 28.9 Å². The maximum Gasteiger partial charge on any atom is 0.303 e. The number of aliphatic carboxylic acids is 1. The lowest BCUT2D eigenvalue weighted by Crippen LogP contribution is -2.11. The number of carboxylic acids is 1. The summed E-state index contributed by atoms with van der Waals surface area (Å²) in [7, 11) is 1.61. The third kappa shape index (κ3) is 2.72. The van der Waals surface area contributed by atoms with Gasteiger partial charge in [0, 0.05) is 16.9 Å². The number of hydrogen-bond donors (Lipinski definition) is 1. The lowest BCUT2D eigenvalue weighted by atomic mass is 9.85. The molecule has 1 aromatic heterocycles. The maximum atomic E-state index is 11.0. The Morgan fingerprint density at radius 2 is 2.16 bits per heavy atom. The van der Waals surface area contributed by atoms with Gasteiger partial charge in [0.2, 0.25) is 0 Å². The van der Waals surface area contributed by atoms with Crippen LogP contribution >= 0.6 is 0 Å². The zero-order valence-electron chi connectivity index (χ0n) is 11.3. The van der Waals surface area contributed by atoms with Gasteiger partial charge in [-0.05, 0) is 24.1 Å². The first-order valence-electron chi connectivity index (χ1n) is 6.30. The zero-order chi connectivity index (χ0) is 14.0. The Bertz CT molecular complexity index is 583. The van der Waals surface area contributed by atoms with Crippen molar-refractivity contribution in [3.8, 4) is 5.75 Å². The Morgan fingerprint density at radius 1 is 1.42 bits per heavy atom. The minimum atomic E-state index is -0.795. The quantitative estimate of drug-likeness (QED) is 0.893. The van der Waals surface area contributed by atoms with Crippen LogP contribution in [0.2, 0.25) is 0 Å². The van der Waals surface area contributed by atoms with Crippen LogP contribution in [0.4, 0.5) is 0 Å². The van der Waals surface area contributed by atoms with E-state index in [0.717, 1.165) is 22.3 Å². The fraction of sp³-hybridized carbons (Fsp3) is 0.400. The summed E-state index contributed by atoms with van der Waals surface area (Å²) in [5, 5.41) is 9.98. The Morgan fingerprint density at radius 3 is 2.74 bits per heavy atom. The topological polar surface area (TPSA) is 59.7 Å². The Hall–Kier alpha value is -1.97. The van der Waals surface area contributed by atoms with Crippen molar-refractivity contribution in [3.05, 3.63) is 30.0 Å². The average Bonchev–Trinajstić information content (AvgIpc) is 2.77. The van der Waals surface area contributed by atoms with Gasteiger partial charge < -0.3 is 14.3 Å². The van der Waals surface area contributed by atoms with E-state index in [1.807, 2.05) is 32.0 Å². The number of carboxylic acid groups (broad SMARTS) is 1. The van der Waals surface area contributed by atoms with Gasteiger partial charge in [0.05, 0.1) is 19.8 Å². The lowest BCUT2D eigenvalue weighted by molar-refractivity contribution is -0.137. The molecule has 1 N–H and O–H groups in total. The molecule has 2 rings (SSSR count). The number of carbonyl (C=O) groups is 1. The summed E-state index contributed by atoms with van der Waals surface area (Å²) in [6.07, 6.45) is 1.77. The summed E-state index contributed by atoms with van der Waals surface area (Å²) in [6.45, 7) is 4.04. The minimum absolute atomic E-state index is 0.0640. The summed E-state index contributed by atoms with van der Waals surface area (Å²) >= 11 is 0. The second-order valence-corrected chi connectivity index (χ2v) is 5.00. The molecule has 4 nitrogen and oxygen atoms in total. The Labute approximate surface area is 112 Å². The summed E-state index contributed by atoms with van der Waals surface area (Å²) in [5.41, 5.74) is 1.69. The van der Waals surface area contributed by atoms with Crippen molar-refractivity contribution in [1.82, 2.24) is 0 Å². The molecule has 0 radical (unpaired) electrons. The van der Waals surface area contributed by atoms with Crippen LogP contribution in [0.3, 0.4) is 0 Å². The number of benzene rings is 1. The molecule has 1 atom stereocenters. The fourth-order valence-corrected chi connectivity index (χ4v) is 2.33. The van der Waals surface area contributed by atoms with Crippen LogP contribution < -0.4 is 4.74 Å². The molecule has 0 fully saturated rings. The molecule has 1 heterocycles. The van der Waals surface area contributed by atoms with Gasteiger partial charge in [-0.1, -0.05) is 13.8 Å². The normalized spacial score (nSPS) is 12.8. The first-order chi connectivity index (χ1) is 9.02. The molecule has 0 bridgehead atoms. The third-order valence-corrected chi connectivity index (χ3v) is 3.41. The molecule has 0 aliphatic carbocycles. The summed E-state index contributed by atoms with van der Waals surface area (Å²) < 4.78 is 10.7. The highest BCUT2D eigenvalue weighted by Gasteiger charge is 2.23. The molecule has 1 aromatic carbocycles. The van der Waals surface area contributed by atoms with E-state index in [4.69, 9.17) is 14.3 Å². The van der Waals surface area contributed by atoms with E-state index >= 15 is 0 Å². The van der Waals surface area contributed by atoms with Crippen LogP contribution in [-0.4, -0.2) is 18.2 Å². The van der Waals surface area contributed by atoms with Crippen molar-refractivity contribution < 1.29 is 19.1 Å². The second-order valence-electron chi connectivity index (χ2n) is 5.00. The Balaban J connectivity index is 2.49. The summed E-state index contributed by atoms with van der Waals surface area (Å²) in [5.74, 6) is 0.109. The van der Waals surface area contributed by atoms with Crippen LogP contribution in [0.25, 0.3) is 11.0 Å². The van der Waals surface area contributed by atoms with Gasteiger partial charge in [-0.15, -0.1) is 0 Å². The van der Waals surface area contributed by atoms with Crippen LogP contribution in [-0.2, 0) is 4.79 Å². The second kappa shape index (κ2) is 5.34. The molecule has 0 saturated carbocycles. The van der Waals surface area contributed by atoms with Gasteiger partial charge in [-0.25, -0.2) is 0 Å². The summed E-state index contributed by atoms with van der Waals surface area (Å²) in [4.78, 5) is 11.0. The third-order valence-electron chi connectivity index (χ3n) is 3.41. The smallest absolute Gasteiger partial charge is 0.303 e. The first-order valence-corrected chi connectivity index (χ1v) is 6.30. The van der Waals surface area contributed by atoms with Crippen molar-refractivity contribution in [2.24, 2.45) is 5.92 Å². The zero-order valence-corrected chi connectivity index (χ0v) is 11.3. The fourth-order valence-electron chi connectivity index (χ4n) is 2.33. The molecular weight excluding hydrogens is 244 g/mol. The van der Waals surface area contributed by atoms with Gasteiger partial charge in [0.25, 0.3) is 0 Å². The number of fused-ring (bicyclic) bond motifs is 1. The predicted molar refractivity (Wildman–Crippen MR) is 72.6 cm³/mol. The molecule has 0 aliphatic heterocycles. The molecule has 1 unspecified atom stereocenters. The van der Waals surface area contributed by atoms with E-state index in [2.05, 4.69) is 0 Å². The van der Waals surface area contributed by atoms with Crippen molar-refractivity contribution in [1.29, 1.82) is 0 Å². The number of ether oxygens (including phenoxy) is 1. The standard InChI is InChI=1S/C15H18O4/c1-9(2)11(7-15(16)17)13-8-19-14-5-4-10(18-3)6-12(13)14/h4-6,8-9,11H,7H2,1-3H3,(H,16,17). The Kier molecular flexibility index (Phi) is 3.79. The van der Waals surface area contributed by atoms with E-state index < -0.39 is 5.97 Å². The van der Waals surface area contributed by atoms with Gasteiger partial charge in [0.1, 0.15) is 11.3 Å². The molecule has 0 spiro atoms. The SMILES string of the molecule is COc1ccc2occ(C(CC(=O)O)C(C)C)c2c1. The van der Waals surface area contributed by atoms with Crippen LogP contribution in [0.5, 0.6) is 5.75 Å². The highest BCUT2D eigenvalue weighted by Crippen LogP contribution is 2.36. The highest BCUT2D eigenvalue weighted by atomic mass is 16.5. The number of hydrogen-bond acceptors (Lipinski definition) is 3. The molecule has 4 heteroatoms. The van der Waals surface area contributed by atoms with Crippen molar-refractivity contribution in [2.75, 3.05) is 7.11 Å². The van der Waals surface area contributed by atoms with E-state index in [1.54, 1.807) is 13.4 Å². The first kappa shape index (κ1) is 13.5. The van der Waals surface area contributed by atoms with Crippen molar-refractivity contribution in [3.63, 3.8) is 0 Å². The molecule has 0 saturated heterocycles. The van der Waals surface area contributed by atoms with Crippen molar-refractivity contribution in [2.45, 2.75) is 26.2 Å². The number of methoxy groups -OCH3 is 1. The van der Waals surface area contributed by atoms with Gasteiger partial charge in [-0.2, -0.15) is 0 Å². The molecule has 0 amide bonds. The molecular formula is C15H18O4. The lowest BCUT2D eigenvalue weighted by Gasteiger charge is -2.17. The van der Waals surface area contributed by atoms with E-state index in [1.165, 1.54) is 0 Å². The molecule has 0 aliphatic rings. The van der Waals surface area contributed by atoms with Gasteiger partial charge in [0.15, 0.2) is 0 Å². The van der Waals surface area contributed by atoms with Gasteiger partial charge in [-0.3, -0.25) is 4.79 Å². The monoisotopic (exact) mass is 262 g/mol. The van der Waals surface area contributed by atoms with E-state index in [-0.39, 0.29) is 18.3 Å². The van der Waals surface area contributed by atoms with Crippen molar-refractivity contribution >= 4 is 16.9 Å². The van der Waals surface area contributed by atoms with Crippen LogP contribution in [0, 0.1) is 5.92 Å². The predicted octanol–water partition coefficient (Wildman–Crippen LogP) is 3.66. The molecule has 102 valence electrons. The summed E-state index contributed by atoms with van der Waals surface area (Å²) in [6, 6.07) is 5.57. The maximum absolute atomic E-state index is 11.0. The highest BCUT2D eigenvalue weighted by molar-refractivity contribution is 5.84.